The van der Waals surface area contributed by atoms with Gasteiger partial charge in [-0.15, -0.1) is 0 Å². The number of hydrogen-bond donors (Lipinski definition) is 1. The Labute approximate surface area is 149 Å². The van der Waals surface area contributed by atoms with Crippen molar-refractivity contribution in [1.82, 2.24) is 20.2 Å². The SMILES string of the molecule is Cc1nc(C(=O)NCCN2CCOCC2)cc(N2CCCC(C)C2)n1. The molecule has 0 bridgehead atoms. The number of ether oxygens (including phenoxy) is 1. The fraction of sp³-hybridized carbons (Fsp3) is 0.722. The van der Waals surface area contributed by atoms with E-state index in [0.717, 1.165) is 51.8 Å². The minimum absolute atomic E-state index is 0.120. The van der Waals surface area contributed by atoms with E-state index in [1.807, 2.05) is 13.0 Å². The van der Waals surface area contributed by atoms with Gasteiger partial charge in [0, 0.05) is 45.3 Å². The summed E-state index contributed by atoms with van der Waals surface area (Å²) in [4.78, 5) is 25.9. The Balaban J connectivity index is 1.58. The van der Waals surface area contributed by atoms with Crippen LogP contribution in [0.1, 0.15) is 36.1 Å². The molecule has 3 rings (SSSR count). The number of anilines is 1. The van der Waals surface area contributed by atoms with Crippen LogP contribution in [0.25, 0.3) is 0 Å². The van der Waals surface area contributed by atoms with Crippen molar-refractivity contribution in [1.29, 1.82) is 0 Å². The van der Waals surface area contributed by atoms with E-state index < -0.39 is 0 Å². The Morgan fingerprint density at radius 2 is 2.12 bits per heavy atom. The molecule has 1 unspecified atom stereocenters. The molecule has 0 aliphatic carbocycles. The molecule has 0 aromatic carbocycles. The van der Waals surface area contributed by atoms with Crippen LogP contribution < -0.4 is 10.2 Å². The molecule has 0 radical (unpaired) electrons. The third kappa shape index (κ3) is 5.12. The molecule has 0 saturated carbocycles. The van der Waals surface area contributed by atoms with Gasteiger partial charge in [-0.3, -0.25) is 9.69 Å². The van der Waals surface area contributed by atoms with Crippen LogP contribution in [0, 0.1) is 12.8 Å². The predicted octanol–water partition coefficient (Wildman–Crippen LogP) is 1.08. The second-order valence-electron chi connectivity index (χ2n) is 7.06. The van der Waals surface area contributed by atoms with E-state index in [-0.39, 0.29) is 5.91 Å². The molecular formula is C18H29N5O2. The third-order valence-electron chi connectivity index (χ3n) is 4.86. The van der Waals surface area contributed by atoms with Crippen molar-refractivity contribution in [3.8, 4) is 0 Å². The van der Waals surface area contributed by atoms with E-state index in [0.29, 0.717) is 24.0 Å². The smallest absolute Gasteiger partial charge is 0.270 e. The van der Waals surface area contributed by atoms with Crippen LogP contribution in [0.3, 0.4) is 0 Å². The zero-order valence-electron chi connectivity index (χ0n) is 15.3. The van der Waals surface area contributed by atoms with Gasteiger partial charge in [0.1, 0.15) is 17.3 Å². The second kappa shape index (κ2) is 8.58. The first-order chi connectivity index (χ1) is 12.1. The van der Waals surface area contributed by atoms with Gasteiger partial charge in [-0.1, -0.05) is 6.92 Å². The minimum Gasteiger partial charge on any atom is -0.379 e. The lowest BCUT2D eigenvalue weighted by atomic mass is 10.0. The van der Waals surface area contributed by atoms with Gasteiger partial charge in [0.15, 0.2) is 0 Å². The number of rotatable bonds is 5. The van der Waals surface area contributed by atoms with Crippen molar-refractivity contribution in [3.63, 3.8) is 0 Å². The topological polar surface area (TPSA) is 70.6 Å². The Morgan fingerprint density at radius 3 is 2.88 bits per heavy atom. The Hall–Kier alpha value is -1.73. The molecule has 3 heterocycles. The van der Waals surface area contributed by atoms with E-state index in [1.165, 1.54) is 12.8 Å². The van der Waals surface area contributed by atoms with Gasteiger partial charge in [-0.25, -0.2) is 9.97 Å². The summed E-state index contributed by atoms with van der Waals surface area (Å²) in [7, 11) is 0. The summed E-state index contributed by atoms with van der Waals surface area (Å²) in [6, 6.07) is 1.83. The molecule has 2 aliphatic heterocycles. The van der Waals surface area contributed by atoms with Crippen molar-refractivity contribution in [2.45, 2.75) is 26.7 Å². The number of aromatic nitrogens is 2. The van der Waals surface area contributed by atoms with Gasteiger partial charge in [0.25, 0.3) is 5.91 Å². The zero-order valence-corrected chi connectivity index (χ0v) is 15.3. The summed E-state index contributed by atoms with van der Waals surface area (Å²) in [5, 5.41) is 2.98. The van der Waals surface area contributed by atoms with Crippen molar-refractivity contribution < 1.29 is 9.53 Å². The molecule has 1 aromatic rings. The van der Waals surface area contributed by atoms with Gasteiger partial charge in [0.05, 0.1) is 13.2 Å². The fourth-order valence-electron chi connectivity index (χ4n) is 3.47. The van der Waals surface area contributed by atoms with Crippen LogP contribution in [0.4, 0.5) is 5.82 Å². The fourth-order valence-corrected chi connectivity index (χ4v) is 3.47. The number of carbonyl (C=O) groups is 1. The molecule has 1 N–H and O–H groups in total. The van der Waals surface area contributed by atoms with Crippen molar-refractivity contribution in [2.75, 3.05) is 57.4 Å². The maximum atomic E-state index is 12.5. The minimum atomic E-state index is -0.120. The van der Waals surface area contributed by atoms with Gasteiger partial charge >= 0.3 is 0 Å². The molecule has 138 valence electrons. The number of morpholine rings is 1. The van der Waals surface area contributed by atoms with Crippen molar-refractivity contribution in [2.24, 2.45) is 5.92 Å². The highest BCUT2D eigenvalue weighted by Gasteiger charge is 2.20. The molecule has 7 heteroatoms. The van der Waals surface area contributed by atoms with Gasteiger partial charge in [0.2, 0.25) is 0 Å². The first-order valence-corrected chi connectivity index (χ1v) is 9.31. The van der Waals surface area contributed by atoms with Crippen molar-refractivity contribution >= 4 is 11.7 Å². The van der Waals surface area contributed by atoms with Gasteiger partial charge < -0.3 is 15.0 Å². The van der Waals surface area contributed by atoms with Gasteiger partial charge in [-0.2, -0.15) is 0 Å². The number of hydrogen-bond acceptors (Lipinski definition) is 6. The zero-order chi connectivity index (χ0) is 17.6. The lowest BCUT2D eigenvalue weighted by molar-refractivity contribution is 0.0383. The van der Waals surface area contributed by atoms with Crippen LogP contribution in [0.15, 0.2) is 6.07 Å². The molecule has 2 saturated heterocycles. The monoisotopic (exact) mass is 347 g/mol. The van der Waals surface area contributed by atoms with Crippen LogP contribution in [0.5, 0.6) is 0 Å². The Morgan fingerprint density at radius 1 is 1.32 bits per heavy atom. The number of piperidine rings is 1. The van der Waals surface area contributed by atoms with Crippen LogP contribution in [0.2, 0.25) is 0 Å². The highest BCUT2D eigenvalue weighted by atomic mass is 16.5. The summed E-state index contributed by atoms with van der Waals surface area (Å²) in [5.41, 5.74) is 0.461. The molecule has 1 aromatic heterocycles. The summed E-state index contributed by atoms with van der Waals surface area (Å²) in [6.45, 7) is 11.0. The van der Waals surface area contributed by atoms with E-state index in [2.05, 4.69) is 32.0 Å². The van der Waals surface area contributed by atoms with Crippen LogP contribution >= 0.6 is 0 Å². The third-order valence-corrected chi connectivity index (χ3v) is 4.86. The van der Waals surface area contributed by atoms with Gasteiger partial charge in [-0.05, 0) is 25.7 Å². The van der Waals surface area contributed by atoms with Crippen LogP contribution in [-0.2, 0) is 4.74 Å². The molecule has 0 spiro atoms. The first kappa shape index (κ1) is 18.1. The molecular weight excluding hydrogens is 318 g/mol. The lowest BCUT2D eigenvalue weighted by Crippen LogP contribution is -2.41. The quantitative estimate of drug-likeness (QED) is 0.860. The van der Waals surface area contributed by atoms with Crippen molar-refractivity contribution in [3.05, 3.63) is 17.6 Å². The molecule has 1 atom stereocenters. The van der Waals surface area contributed by atoms with Crippen LogP contribution in [-0.4, -0.2) is 73.3 Å². The molecule has 7 nitrogen and oxygen atoms in total. The molecule has 25 heavy (non-hydrogen) atoms. The van der Waals surface area contributed by atoms with E-state index >= 15 is 0 Å². The lowest BCUT2D eigenvalue weighted by Gasteiger charge is -2.32. The number of nitrogens with zero attached hydrogens (tertiary/aromatic N) is 4. The average molecular weight is 347 g/mol. The average Bonchev–Trinajstić information content (AvgIpc) is 2.62. The number of aryl methyl sites for hydroxylation is 1. The largest absolute Gasteiger partial charge is 0.379 e. The molecule has 2 aliphatic rings. The Bertz CT molecular complexity index is 589. The molecule has 1 amide bonds. The number of carbonyl (C=O) groups excluding carboxylic acids is 1. The predicted molar refractivity (Wildman–Crippen MR) is 97.0 cm³/mol. The Kier molecular flexibility index (Phi) is 6.20. The number of nitrogens with one attached hydrogen (secondary N) is 1. The second-order valence-corrected chi connectivity index (χ2v) is 7.06. The maximum Gasteiger partial charge on any atom is 0.270 e. The standard InChI is InChI=1S/C18H29N5O2/c1-14-4-3-6-23(13-14)17-12-16(20-15(2)21-17)18(24)19-5-7-22-8-10-25-11-9-22/h12,14H,3-11,13H2,1-2H3,(H,19,24). The van der Waals surface area contributed by atoms with E-state index in [9.17, 15) is 4.79 Å². The highest BCUT2D eigenvalue weighted by Crippen LogP contribution is 2.21. The normalized spacial score (nSPS) is 22.0. The molecule has 2 fully saturated rings. The summed E-state index contributed by atoms with van der Waals surface area (Å²) < 4.78 is 5.34. The van der Waals surface area contributed by atoms with E-state index in [4.69, 9.17) is 4.74 Å². The summed E-state index contributed by atoms with van der Waals surface area (Å²) in [6.07, 6.45) is 2.43. The van der Waals surface area contributed by atoms with E-state index in [1.54, 1.807) is 0 Å². The summed E-state index contributed by atoms with van der Waals surface area (Å²) in [5.74, 6) is 2.06. The highest BCUT2D eigenvalue weighted by molar-refractivity contribution is 5.92. The first-order valence-electron chi connectivity index (χ1n) is 9.31. The number of amides is 1. The maximum absolute atomic E-state index is 12.5. The summed E-state index contributed by atoms with van der Waals surface area (Å²) >= 11 is 0.